The molecule has 0 bridgehead atoms. The van der Waals surface area contributed by atoms with Gasteiger partial charge in [-0.3, -0.25) is 4.98 Å². The standard InChI is InChI=1S/C13H10ClN3S/c1-9-6-17(8-16-9)12-2-10(4-15-5-12)13-3-11(14)7-18-13/h2-8H,1H3. The molecule has 0 N–H and O–H groups in total. The van der Waals surface area contributed by atoms with Gasteiger partial charge in [0.15, 0.2) is 0 Å². The van der Waals surface area contributed by atoms with Gasteiger partial charge in [0.2, 0.25) is 0 Å². The van der Waals surface area contributed by atoms with Crippen LogP contribution in [0.5, 0.6) is 0 Å². The second-order valence-corrected chi connectivity index (χ2v) is 5.33. The number of aromatic nitrogens is 3. The number of thiophene rings is 1. The second-order valence-electron chi connectivity index (χ2n) is 3.98. The molecule has 0 radical (unpaired) electrons. The van der Waals surface area contributed by atoms with Crippen molar-refractivity contribution in [2.75, 3.05) is 0 Å². The molecule has 3 aromatic rings. The van der Waals surface area contributed by atoms with Gasteiger partial charge < -0.3 is 4.57 Å². The Kier molecular flexibility index (Phi) is 2.89. The van der Waals surface area contributed by atoms with Crippen LogP contribution in [0.1, 0.15) is 5.69 Å². The van der Waals surface area contributed by atoms with E-state index < -0.39 is 0 Å². The van der Waals surface area contributed by atoms with E-state index in [4.69, 9.17) is 11.6 Å². The number of pyridine rings is 1. The van der Waals surface area contributed by atoms with Crippen LogP contribution in [0.4, 0.5) is 0 Å². The molecule has 5 heteroatoms. The molecule has 0 aliphatic carbocycles. The fourth-order valence-electron chi connectivity index (χ4n) is 1.73. The smallest absolute Gasteiger partial charge is 0.0995 e. The first-order valence-electron chi connectivity index (χ1n) is 5.43. The average Bonchev–Trinajstić information content (AvgIpc) is 2.98. The van der Waals surface area contributed by atoms with Crippen LogP contribution >= 0.6 is 22.9 Å². The lowest BCUT2D eigenvalue weighted by Gasteiger charge is -2.03. The van der Waals surface area contributed by atoms with Gasteiger partial charge in [0.1, 0.15) is 0 Å². The van der Waals surface area contributed by atoms with Crippen LogP contribution in [-0.2, 0) is 0 Å². The van der Waals surface area contributed by atoms with Crippen molar-refractivity contribution in [3.63, 3.8) is 0 Å². The van der Waals surface area contributed by atoms with Crippen LogP contribution in [0, 0.1) is 6.92 Å². The summed E-state index contributed by atoms with van der Waals surface area (Å²) in [5.74, 6) is 0. The van der Waals surface area contributed by atoms with Crippen LogP contribution in [0.3, 0.4) is 0 Å². The summed E-state index contributed by atoms with van der Waals surface area (Å²) in [6, 6.07) is 4.03. The van der Waals surface area contributed by atoms with Gasteiger partial charge in [0.05, 0.1) is 28.9 Å². The number of hydrogen-bond acceptors (Lipinski definition) is 3. The van der Waals surface area contributed by atoms with E-state index in [0.29, 0.717) is 0 Å². The molecule has 3 aromatic heterocycles. The maximum absolute atomic E-state index is 5.95. The molecule has 0 saturated carbocycles. The van der Waals surface area contributed by atoms with Crippen LogP contribution in [-0.4, -0.2) is 14.5 Å². The number of hydrogen-bond donors (Lipinski definition) is 0. The predicted molar refractivity (Wildman–Crippen MR) is 74.4 cm³/mol. The van der Waals surface area contributed by atoms with Gasteiger partial charge >= 0.3 is 0 Å². The van der Waals surface area contributed by atoms with E-state index in [0.717, 1.165) is 26.8 Å². The minimum atomic E-state index is 0.763. The topological polar surface area (TPSA) is 30.7 Å². The van der Waals surface area contributed by atoms with E-state index in [-0.39, 0.29) is 0 Å². The lowest BCUT2D eigenvalue weighted by molar-refractivity contribution is 1.04. The first-order valence-corrected chi connectivity index (χ1v) is 6.68. The van der Waals surface area contributed by atoms with Gasteiger partial charge in [-0.2, -0.15) is 0 Å². The molecule has 0 amide bonds. The largest absolute Gasteiger partial charge is 0.304 e. The van der Waals surface area contributed by atoms with Gasteiger partial charge in [-0.25, -0.2) is 4.98 Å². The summed E-state index contributed by atoms with van der Waals surface area (Å²) in [6.07, 6.45) is 7.43. The Hall–Kier alpha value is -1.65. The summed E-state index contributed by atoms with van der Waals surface area (Å²) < 4.78 is 1.96. The number of aryl methyl sites for hydroxylation is 1. The quantitative estimate of drug-likeness (QED) is 0.709. The normalized spacial score (nSPS) is 10.8. The zero-order chi connectivity index (χ0) is 12.5. The van der Waals surface area contributed by atoms with Crippen molar-refractivity contribution in [3.05, 3.63) is 53.1 Å². The van der Waals surface area contributed by atoms with Crippen LogP contribution in [0.2, 0.25) is 5.02 Å². The minimum absolute atomic E-state index is 0.763. The third-order valence-corrected chi connectivity index (χ3v) is 3.91. The van der Waals surface area contributed by atoms with Crippen LogP contribution < -0.4 is 0 Å². The van der Waals surface area contributed by atoms with Crippen LogP contribution in [0.25, 0.3) is 16.1 Å². The Morgan fingerprint density at radius 3 is 2.83 bits per heavy atom. The SMILES string of the molecule is Cc1cn(-c2cncc(-c3cc(Cl)cs3)c2)cn1. The number of nitrogens with zero attached hydrogens (tertiary/aromatic N) is 3. The van der Waals surface area contributed by atoms with E-state index in [1.54, 1.807) is 17.7 Å². The van der Waals surface area contributed by atoms with Crippen molar-refractivity contribution >= 4 is 22.9 Å². The summed E-state index contributed by atoms with van der Waals surface area (Å²) in [5.41, 5.74) is 3.05. The first kappa shape index (κ1) is 11.4. The van der Waals surface area contributed by atoms with Gasteiger partial charge in [-0.05, 0) is 19.1 Å². The molecule has 0 fully saturated rings. The summed E-state index contributed by atoms with van der Waals surface area (Å²) in [6.45, 7) is 1.97. The Labute approximate surface area is 114 Å². The van der Waals surface area contributed by atoms with E-state index in [2.05, 4.69) is 16.0 Å². The van der Waals surface area contributed by atoms with Gasteiger partial charge in [-0.1, -0.05) is 11.6 Å². The minimum Gasteiger partial charge on any atom is -0.304 e. The van der Waals surface area contributed by atoms with Crippen LogP contribution in [0.15, 0.2) is 42.4 Å². The highest BCUT2D eigenvalue weighted by molar-refractivity contribution is 7.14. The van der Waals surface area contributed by atoms with E-state index in [1.165, 1.54) is 0 Å². The first-order chi connectivity index (χ1) is 8.72. The molecule has 90 valence electrons. The molecule has 0 unspecified atom stereocenters. The molecular formula is C13H10ClN3S. The maximum atomic E-state index is 5.95. The number of halogens is 1. The molecule has 3 rings (SSSR count). The Balaban J connectivity index is 2.04. The number of rotatable bonds is 2. The molecule has 3 heterocycles. The lowest BCUT2D eigenvalue weighted by atomic mass is 10.2. The molecule has 0 aromatic carbocycles. The van der Waals surface area contributed by atoms with Gasteiger partial charge in [0.25, 0.3) is 0 Å². The lowest BCUT2D eigenvalue weighted by Crippen LogP contribution is -1.91. The van der Waals surface area contributed by atoms with E-state index in [9.17, 15) is 0 Å². The summed E-state index contributed by atoms with van der Waals surface area (Å²) in [5, 5.41) is 2.68. The van der Waals surface area contributed by atoms with Gasteiger partial charge in [-0.15, -0.1) is 11.3 Å². The third-order valence-electron chi connectivity index (χ3n) is 2.59. The summed E-state index contributed by atoms with van der Waals surface area (Å²) in [4.78, 5) is 9.60. The third kappa shape index (κ3) is 2.17. The van der Waals surface area contributed by atoms with Crippen molar-refractivity contribution in [1.29, 1.82) is 0 Å². The Bertz CT molecular complexity index is 631. The van der Waals surface area contributed by atoms with E-state index in [1.807, 2.05) is 41.5 Å². The van der Waals surface area contributed by atoms with Crippen molar-refractivity contribution in [2.45, 2.75) is 6.92 Å². The Morgan fingerprint density at radius 1 is 1.28 bits per heavy atom. The predicted octanol–water partition coefficient (Wildman–Crippen LogP) is 3.96. The molecule has 18 heavy (non-hydrogen) atoms. The van der Waals surface area contributed by atoms with Crippen molar-refractivity contribution < 1.29 is 0 Å². The highest BCUT2D eigenvalue weighted by Crippen LogP contribution is 2.30. The Morgan fingerprint density at radius 2 is 2.17 bits per heavy atom. The molecule has 0 atom stereocenters. The zero-order valence-electron chi connectivity index (χ0n) is 9.67. The highest BCUT2D eigenvalue weighted by atomic mass is 35.5. The summed E-state index contributed by atoms with van der Waals surface area (Å²) in [7, 11) is 0. The van der Waals surface area contributed by atoms with Crippen molar-refractivity contribution in [3.8, 4) is 16.1 Å². The molecule has 0 aliphatic rings. The average molecular weight is 276 g/mol. The molecule has 0 spiro atoms. The second kappa shape index (κ2) is 4.55. The summed E-state index contributed by atoms with van der Waals surface area (Å²) >= 11 is 7.56. The van der Waals surface area contributed by atoms with Crippen molar-refractivity contribution in [2.24, 2.45) is 0 Å². The van der Waals surface area contributed by atoms with E-state index >= 15 is 0 Å². The fraction of sp³-hybridized carbons (Fsp3) is 0.0769. The maximum Gasteiger partial charge on any atom is 0.0995 e. The molecule has 0 aliphatic heterocycles. The fourth-order valence-corrected chi connectivity index (χ4v) is 2.79. The van der Waals surface area contributed by atoms with Crippen molar-refractivity contribution in [1.82, 2.24) is 14.5 Å². The zero-order valence-corrected chi connectivity index (χ0v) is 11.2. The molecule has 0 saturated heterocycles. The molecule has 3 nitrogen and oxygen atoms in total. The monoisotopic (exact) mass is 275 g/mol. The number of imidazole rings is 1. The van der Waals surface area contributed by atoms with Gasteiger partial charge in [0, 0.05) is 28.2 Å². The molecular weight excluding hydrogens is 266 g/mol. The highest BCUT2D eigenvalue weighted by Gasteiger charge is 2.04.